The Bertz CT molecular complexity index is 453. The van der Waals surface area contributed by atoms with Gasteiger partial charge in [0.1, 0.15) is 5.75 Å². The zero-order valence-electron chi connectivity index (χ0n) is 12.2. The van der Waals surface area contributed by atoms with Gasteiger partial charge in [-0.05, 0) is 57.0 Å². The molecular formula is C16H23NO3. The highest BCUT2D eigenvalue weighted by molar-refractivity contribution is 5.70. The van der Waals surface area contributed by atoms with Crippen molar-refractivity contribution >= 4 is 5.97 Å². The first kappa shape index (κ1) is 14.9. The van der Waals surface area contributed by atoms with Crippen molar-refractivity contribution in [3.63, 3.8) is 0 Å². The lowest BCUT2D eigenvalue weighted by atomic mass is 9.95. The van der Waals surface area contributed by atoms with Crippen LogP contribution in [0.2, 0.25) is 0 Å². The van der Waals surface area contributed by atoms with Crippen LogP contribution in [0, 0.1) is 5.92 Å². The average molecular weight is 277 g/mol. The Hall–Kier alpha value is -1.55. The summed E-state index contributed by atoms with van der Waals surface area (Å²) in [5.41, 5.74) is 1.26. The molecule has 1 aromatic carbocycles. The molecule has 4 nitrogen and oxygen atoms in total. The van der Waals surface area contributed by atoms with E-state index >= 15 is 0 Å². The zero-order chi connectivity index (χ0) is 14.5. The molecule has 0 bridgehead atoms. The fourth-order valence-corrected chi connectivity index (χ4v) is 2.86. The fourth-order valence-electron chi connectivity index (χ4n) is 2.86. The Morgan fingerprint density at radius 1 is 1.45 bits per heavy atom. The number of carbonyl (C=O) groups is 1. The van der Waals surface area contributed by atoms with Gasteiger partial charge < -0.3 is 14.7 Å². The maximum absolute atomic E-state index is 11.0. The van der Waals surface area contributed by atoms with Gasteiger partial charge in [0.15, 0.2) is 0 Å². The molecule has 1 saturated heterocycles. The van der Waals surface area contributed by atoms with Crippen molar-refractivity contribution in [1.29, 1.82) is 0 Å². The summed E-state index contributed by atoms with van der Waals surface area (Å²) in [6.45, 7) is 3.96. The molecule has 1 N–H and O–H groups in total. The molecule has 20 heavy (non-hydrogen) atoms. The van der Waals surface area contributed by atoms with Crippen molar-refractivity contribution in [3.8, 4) is 5.75 Å². The van der Waals surface area contributed by atoms with Crippen LogP contribution in [0.3, 0.4) is 0 Å². The number of methoxy groups -OCH3 is 1. The van der Waals surface area contributed by atoms with Crippen LogP contribution in [0.25, 0.3) is 0 Å². The minimum Gasteiger partial charge on any atom is -0.497 e. The number of carboxylic acid groups (broad SMARTS) is 1. The lowest BCUT2D eigenvalue weighted by Gasteiger charge is -2.34. The van der Waals surface area contributed by atoms with Gasteiger partial charge in [0, 0.05) is 6.04 Å². The molecule has 1 aliphatic rings. The largest absolute Gasteiger partial charge is 0.497 e. The summed E-state index contributed by atoms with van der Waals surface area (Å²) in [6.07, 6.45) is 2.49. The third kappa shape index (κ3) is 3.73. The van der Waals surface area contributed by atoms with E-state index in [-0.39, 0.29) is 5.92 Å². The standard InChI is InChI=1S/C16H23NO3/c1-12(10-13-4-3-5-15(11-13)20-2)17-8-6-14(7-9-17)16(18)19/h3-5,11-12,14H,6-10H2,1-2H3,(H,18,19). The van der Waals surface area contributed by atoms with Gasteiger partial charge in [0.25, 0.3) is 0 Å². The topological polar surface area (TPSA) is 49.8 Å². The van der Waals surface area contributed by atoms with Crippen molar-refractivity contribution in [1.82, 2.24) is 4.90 Å². The second-order valence-corrected chi connectivity index (χ2v) is 5.55. The van der Waals surface area contributed by atoms with Crippen molar-refractivity contribution in [2.24, 2.45) is 5.92 Å². The molecule has 0 radical (unpaired) electrons. The Kier molecular flexibility index (Phi) is 5.01. The molecule has 1 atom stereocenters. The van der Waals surface area contributed by atoms with E-state index in [4.69, 9.17) is 9.84 Å². The van der Waals surface area contributed by atoms with Gasteiger partial charge in [-0.1, -0.05) is 12.1 Å². The van der Waals surface area contributed by atoms with Crippen molar-refractivity contribution in [3.05, 3.63) is 29.8 Å². The number of ether oxygens (including phenoxy) is 1. The lowest BCUT2D eigenvalue weighted by Crippen LogP contribution is -2.42. The highest BCUT2D eigenvalue weighted by atomic mass is 16.5. The van der Waals surface area contributed by atoms with Crippen molar-refractivity contribution in [2.75, 3.05) is 20.2 Å². The molecular weight excluding hydrogens is 254 g/mol. The Morgan fingerprint density at radius 3 is 2.75 bits per heavy atom. The first-order chi connectivity index (χ1) is 9.60. The van der Waals surface area contributed by atoms with Crippen molar-refractivity contribution in [2.45, 2.75) is 32.2 Å². The second-order valence-electron chi connectivity index (χ2n) is 5.55. The number of piperidine rings is 1. The zero-order valence-corrected chi connectivity index (χ0v) is 12.2. The lowest BCUT2D eigenvalue weighted by molar-refractivity contribution is -0.143. The molecule has 1 aliphatic heterocycles. The number of hydrogen-bond donors (Lipinski definition) is 1. The maximum Gasteiger partial charge on any atom is 0.306 e. The average Bonchev–Trinajstić information content (AvgIpc) is 2.47. The van der Waals surface area contributed by atoms with Gasteiger partial charge in [-0.25, -0.2) is 0 Å². The third-order valence-electron chi connectivity index (χ3n) is 4.17. The van der Waals surface area contributed by atoms with E-state index in [0.717, 1.165) is 38.1 Å². The maximum atomic E-state index is 11.0. The summed E-state index contributed by atoms with van der Waals surface area (Å²) in [5, 5.41) is 9.02. The summed E-state index contributed by atoms with van der Waals surface area (Å²) in [5.74, 6) is 0.0830. The van der Waals surface area contributed by atoms with Gasteiger partial charge in [0.2, 0.25) is 0 Å². The quantitative estimate of drug-likeness (QED) is 0.898. The predicted molar refractivity (Wildman–Crippen MR) is 78.1 cm³/mol. The summed E-state index contributed by atoms with van der Waals surface area (Å²) >= 11 is 0. The fraction of sp³-hybridized carbons (Fsp3) is 0.562. The number of aliphatic carboxylic acids is 1. The van der Waals surface area contributed by atoms with Gasteiger partial charge in [0.05, 0.1) is 13.0 Å². The van der Waals surface area contributed by atoms with Gasteiger partial charge in [-0.3, -0.25) is 4.79 Å². The monoisotopic (exact) mass is 277 g/mol. The highest BCUT2D eigenvalue weighted by Crippen LogP contribution is 2.21. The van der Waals surface area contributed by atoms with E-state index in [1.54, 1.807) is 7.11 Å². The van der Waals surface area contributed by atoms with E-state index in [9.17, 15) is 4.79 Å². The van der Waals surface area contributed by atoms with Gasteiger partial charge in [-0.15, -0.1) is 0 Å². The highest BCUT2D eigenvalue weighted by Gasteiger charge is 2.26. The van der Waals surface area contributed by atoms with Crippen LogP contribution in [-0.2, 0) is 11.2 Å². The van der Waals surface area contributed by atoms with Crippen LogP contribution in [0.15, 0.2) is 24.3 Å². The van der Waals surface area contributed by atoms with E-state index in [0.29, 0.717) is 6.04 Å². The van der Waals surface area contributed by atoms with E-state index < -0.39 is 5.97 Å². The predicted octanol–water partition coefficient (Wildman–Crippen LogP) is 2.42. The number of likely N-dealkylation sites (tertiary alicyclic amines) is 1. The number of nitrogens with zero attached hydrogens (tertiary/aromatic N) is 1. The molecule has 1 aromatic rings. The van der Waals surface area contributed by atoms with Crippen LogP contribution >= 0.6 is 0 Å². The molecule has 1 heterocycles. The van der Waals surface area contributed by atoms with E-state index in [1.165, 1.54) is 5.56 Å². The third-order valence-corrected chi connectivity index (χ3v) is 4.17. The van der Waals surface area contributed by atoms with Gasteiger partial charge in [-0.2, -0.15) is 0 Å². The Morgan fingerprint density at radius 2 is 2.15 bits per heavy atom. The normalized spacial score (nSPS) is 18.7. The molecule has 0 spiro atoms. The molecule has 110 valence electrons. The molecule has 1 unspecified atom stereocenters. The van der Waals surface area contributed by atoms with E-state index in [1.807, 2.05) is 12.1 Å². The molecule has 1 fully saturated rings. The van der Waals surface area contributed by atoms with Crippen LogP contribution in [0.5, 0.6) is 5.75 Å². The SMILES string of the molecule is COc1cccc(CC(C)N2CCC(C(=O)O)CC2)c1. The van der Waals surface area contributed by atoms with Crippen LogP contribution < -0.4 is 4.74 Å². The summed E-state index contributed by atoms with van der Waals surface area (Å²) in [6, 6.07) is 8.57. The number of benzene rings is 1. The van der Waals surface area contributed by atoms with Crippen LogP contribution in [0.1, 0.15) is 25.3 Å². The summed E-state index contributed by atoms with van der Waals surface area (Å²) in [4.78, 5) is 13.3. The molecule has 0 saturated carbocycles. The van der Waals surface area contributed by atoms with E-state index in [2.05, 4.69) is 24.0 Å². The van der Waals surface area contributed by atoms with Gasteiger partial charge >= 0.3 is 5.97 Å². The molecule has 0 aliphatic carbocycles. The Labute approximate surface area is 120 Å². The number of hydrogen-bond acceptors (Lipinski definition) is 3. The van der Waals surface area contributed by atoms with Crippen molar-refractivity contribution < 1.29 is 14.6 Å². The number of rotatable bonds is 5. The minimum atomic E-state index is -0.648. The molecule has 2 rings (SSSR count). The molecule has 0 amide bonds. The number of carboxylic acids is 1. The minimum absolute atomic E-state index is 0.157. The first-order valence-electron chi connectivity index (χ1n) is 7.20. The summed E-state index contributed by atoms with van der Waals surface area (Å²) in [7, 11) is 1.68. The van der Waals surface area contributed by atoms with Crippen LogP contribution in [0.4, 0.5) is 0 Å². The Balaban J connectivity index is 1.89. The van der Waals surface area contributed by atoms with Crippen LogP contribution in [-0.4, -0.2) is 42.2 Å². The molecule has 4 heteroatoms. The first-order valence-corrected chi connectivity index (χ1v) is 7.20. The molecule has 0 aromatic heterocycles. The summed E-state index contributed by atoms with van der Waals surface area (Å²) < 4.78 is 5.24. The smallest absolute Gasteiger partial charge is 0.306 e. The second kappa shape index (κ2) is 6.75.